The number of carbonyl (C=O) groups excluding carboxylic acids is 1. The van der Waals surface area contributed by atoms with Crippen molar-refractivity contribution in [2.24, 2.45) is 0 Å². The number of hydrogen-bond acceptors (Lipinski definition) is 6. The summed E-state index contributed by atoms with van der Waals surface area (Å²) < 4.78 is 10.7. The third kappa shape index (κ3) is 3.56. The van der Waals surface area contributed by atoms with Gasteiger partial charge in [-0.1, -0.05) is 6.07 Å². The van der Waals surface area contributed by atoms with Crippen molar-refractivity contribution in [2.45, 2.75) is 32.7 Å². The zero-order valence-electron chi connectivity index (χ0n) is 14.8. The Labute approximate surface area is 152 Å². The van der Waals surface area contributed by atoms with Gasteiger partial charge in [0.15, 0.2) is 11.5 Å². The van der Waals surface area contributed by atoms with Crippen molar-refractivity contribution in [3.05, 3.63) is 41.2 Å². The summed E-state index contributed by atoms with van der Waals surface area (Å²) in [6, 6.07) is 7.38. The second-order valence-corrected chi connectivity index (χ2v) is 6.61. The van der Waals surface area contributed by atoms with E-state index in [-0.39, 0.29) is 12.7 Å². The molecule has 0 bridgehead atoms. The number of piperidine rings is 1. The molecule has 7 heteroatoms. The number of benzene rings is 1. The molecular weight excluding hydrogens is 332 g/mol. The van der Waals surface area contributed by atoms with Gasteiger partial charge in [0.1, 0.15) is 5.69 Å². The molecule has 0 unspecified atom stereocenters. The van der Waals surface area contributed by atoms with E-state index in [0.717, 1.165) is 42.9 Å². The molecule has 1 N–H and O–H groups in total. The SMILES string of the molecule is Cc1cc(C(=O)NCc2ccc3c(c2)OCO3)nc(N2CCCCC2)n1. The number of anilines is 1. The van der Waals surface area contributed by atoms with E-state index in [4.69, 9.17) is 9.47 Å². The maximum atomic E-state index is 12.6. The molecular formula is C19H22N4O3. The van der Waals surface area contributed by atoms with Gasteiger partial charge in [-0.25, -0.2) is 9.97 Å². The summed E-state index contributed by atoms with van der Waals surface area (Å²) in [5, 5.41) is 2.92. The summed E-state index contributed by atoms with van der Waals surface area (Å²) in [7, 11) is 0. The van der Waals surface area contributed by atoms with E-state index in [1.807, 2.05) is 25.1 Å². The molecule has 4 rings (SSSR count). The van der Waals surface area contributed by atoms with Crippen LogP contribution in [0.1, 0.15) is 41.0 Å². The summed E-state index contributed by atoms with van der Waals surface area (Å²) in [6.45, 7) is 4.43. The van der Waals surface area contributed by atoms with Crippen LogP contribution in [0, 0.1) is 6.92 Å². The first-order valence-electron chi connectivity index (χ1n) is 8.96. The van der Waals surface area contributed by atoms with Crippen LogP contribution in [0.5, 0.6) is 11.5 Å². The van der Waals surface area contributed by atoms with Crippen LogP contribution >= 0.6 is 0 Å². The van der Waals surface area contributed by atoms with E-state index in [1.54, 1.807) is 6.07 Å². The molecule has 136 valence electrons. The molecule has 2 aliphatic rings. The standard InChI is InChI=1S/C19H22N4O3/c1-13-9-15(22-19(21-13)23-7-3-2-4-8-23)18(24)20-11-14-5-6-16-17(10-14)26-12-25-16/h5-6,9-10H,2-4,7-8,11-12H2,1H3,(H,20,24). The number of aryl methyl sites for hydroxylation is 1. The summed E-state index contributed by atoms with van der Waals surface area (Å²) in [5.74, 6) is 1.89. The molecule has 1 aromatic carbocycles. The van der Waals surface area contributed by atoms with Gasteiger partial charge in [-0.05, 0) is 49.9 Å². The summed E-state index contributed by atoms with van der Waals surface area (Å²) in [4.78, 5) is 23.7. The smallest absolute Gasteiger partial charge is 0.270 e. The maximum Gasteiger partial charge on any atom is 0.270 e. The Morgan fingerprint density at radius 3 is 2.77 bits per heavy atom. The Hall–Kier alpha value is -2.83. The number of fused-ring (bicyclic) bond motifs is 1. The molecule has 7 nitrogen and oxygen atoms in total. The summed E-state index contributed by atoms with van der Waals surface area (Å²) >= 11 is 0. The van der Waals surface area contributed by atoms with Crippen molar-refractivity contribution in [3.8, 4) is 11.5 Å². The van der Waals surface area contributed by atoms with E-state index >= 15 is 0 Å². The van der Waals surface area contributed by atoms with Gasteiger partial charge in [0.2, 0.25) is 12.7 Å². The van der Waals surface area contributed by atoms with E-state index in [9.17, 15) is 4.79 Å². The zero-order chi connectivity index (χ0) is 17.9. The zero-order valence-corrected chi connectivity index (χ0v) is 14.8. The van der Waals surface area contributed by atoms with Crippen molar-refractivity contribution in [1.29, 1.82) is 0 Å². The molecule has 3 heterocycles. The van der Waals surface area contributed by atoms with Crippen LogP contribution in [0.15, 0.2) is 24.3 Å². The largest absolute Gasteiger partial charge is 0.454 e. The van der Waals surface area contributed by atoms with Crippen molar-refractivity contribution in [3.63, 3.8) is 0 Å². The van der Waals surface area contributed by atoms with Gasteiger partial charge in [0.05, 0.1) is 0 Å². The Bertz CT molecular complexity index is 818. The topological polar surface area (TPSA) is 76.6 Å². The second kappa shape index (κ2) is 7.19. The molecule has 26 heavy (non-hydrogen) atoms. The average Bonchev–Trinajstić information content (AvgIpc) is 3.14. The van der Waals surface area contributed by atoms with Gasteiger partial charge in [-0.2, -0.15) is 0 Å². The first-order valence-corrected chi connectivity index (χ1v) is 8.96. The maximum absolute atomic E-state index is 12.6. The predicted molar refractivity (Wildman–Crippen MR) is 96.6 cm³/mol. The molecule has 1 fully saturated rings. The van der Waals surface area contributed by atoms with Crippen LogP contribution in [0.4, 0.5) is 5.95 Å². The van der Waals surface area contributed by atoms with Crippen LogP contribution in [0.25, 0.3) is 0 Å². The Morgan fingerprint density at radius 1 is 1.12 bits per heavy atom. The van der Waals surface area contributed by atoms with E-state index < -0.39 is 0 Å². The fourth-order valence-corrected chi connectivity index (χ4v) is 3.23. The lowest BCUT2D eigenvalue weighted by Crippen LogP contribution is -2.32. The molecule has 2 aromatic rings. The molecule has 0 radical (unpaired) electrons. The van der Waals surface area contributed by atoms with Gasteiger partial charge < -0.3 is 19.7 Å². The fourth-order valence-electron chi connectivity index (χ4n) is 3.23. The van der Waals surface area contributed by atoms with Crippen LogP contribution in [-0.4, -0.2) is 35.8 Å². The van der Waals surface area contributed by atoms with E-state index in [2.05, 4.69) is 20.2 Å². The third-order valence-corrected chi connectivity index (χ3v) is 4.60. The highest BCUT2D eigenvalue weighted by molar-refractivity contribution is 5.92. The van der Waals surface area contributed by atoms with Gasteiger partial charge in [0, 0.05) is 25.3 Å². The molecule has 0 spiro atoms. The van der Waals surface area contributed by atoms with Crippen molar-refractivity contribution in [1.82, 2.24) is 15.3 Å². The Balaban J connectivity index is 1.45. The number of rotatable bonds is 4. The Morgan fingerprint density at radius 2 is 1.92 bits per heavy atom. The summed E-state index contributed by atoms with van der Waals surface area (Å²) in [6.07, 6.45) is 3.52. The normalized spacial score (nSPS) is 15.8. The molecule has 1 saturated heterocycles. The van der Waals surface area contributed by atoms with Crippen molar-refractivity contribution >= 4 is 11.9 Å². The highest BCUT2D eigenvalue weighted by atomic mass is 16.7. The highest BCUT2D eigenvalue weighted by Gasteiger charge is 2.18. The van der Waals surface area contributed by atoms with E-state index in [0.29, 0.717) is 23.9 Å². The predicted octanol–water partition coefficient (Wildman–Crippen LogP) is 2.43. The number of hydrogen-bond donors (Lipinski definition) is 1. The minimum Gasteiger partial charge on any atom is -0.454 e. The quantitative estimate of drug-likeness (QED) is 0.909. The lowest BCUT2D eigenvalue weighted by atomic mass is 10.1. The monoisotopic (exact) mass is 354 g/mol. The number of nitrogens with one attached hydrogen (secondary N) is 1. The van der Waals surface area contributed by atoms with Crippen LogP contribution in [0.3, 0.4) is 0 Å². The highest BCUT2D eigenvalue weighted by Crippen LogP contribution is 2.32. The van der Waals surface area contributed by atoms with Crippen molar-refractivity contribution in [2.75, 3.05) is 24.8 Å². The number of carbonyl (C=O) groups is 1. The average molecular weight is 354 g/mol. The molecule has 1 aromatic heterocycles. The lowest BCUT2D eigenvalue weighted by molar-refractivity contribution is 0.0945. The van der Waals surface area contributed by atoms with Gasteiger partial charge >= 0.3 is 0 Å². The van der Waals surface area contributed by atoms with Crippen LogP contribution in [-0.2, 0) is 6.54 Å². The van der Waals surface area contributed by atoms with Crippen molar-refractivity contribution < 1.29 is 14.3 Å². The number of aromatic nitrogens is 2. The number of ether oxygens (including phenoxy) is 2. The molecule has 1 amide bonds. The lowest BCUT2D eigenvalue weighted by Gasteiger charge is -2.27. The molecule has 2 aliphatic heterocycles. The van der Waals surface area contributed by atoms with Crippen LogP contribution < -0.4 is 19.7 Å². The molecule has 0 atom stereocenters. The Kier molecular flexibility index (Phi) is 4.60. The molecule has 0 aliphatic carbocycles. The third-order valence-electron chi connectivity index (χ3n) is 4.60. The second-order valence-electron chi connectivity index (χ2n) is 6.61. The van der Waals surface area contributed by atoms with Gasteiger partial charge in [-0.15, -0.1) is 0 Å². The first-order chi connectivity index (χ1) is 12.7. The van der Waals surface area contributed by atoms with Gasteiger partial charge in [0.25, 0.3) is 5.91 Å². The summed E-state index contributed by atoms with van der Waals surface area (Å²) in [5.41, 5.74) is 2.15. The van der Waals surface area contributed by atoms with Crippen LogP contribution in [0.2, 0.25) is 0 Å². The first kappa shape index (κ1) is 16.6. The molecule has 0 saturated carbocycles. The number of amides is 1. The minimum atomic E-state index is -0.202. The number of nitrogens with zero attached hydrogens (tertiary/aromatic N) is 3. The fraction of sp³-hybridized carbons (Fsp3) is 0.421. The van der Waals surface area contributed by atoms with Gasteiger partial charge in [-0.3, -0.25) is 4.79 Å². The minimum absolute atomic E-state index is 0.202. The van der Waals surface area contributed by atoms with E-state index in [1.165, 1.54) is 6.42 Å².